The van der Waals surface area contributed by atoms with Crippen molar-refractivity contribution in [2.45, 2.75) is 6.92 Å². The fourth-order valence-electron chi connectivity index (χ4n) is 2.40. The molecule has 3 rings (SSSR count). The Kier molecular flexibility index (Phi) is 5.33. The third kappa shape index (κ3) is 4.04. The third-order valence-corrected chi connectivity index (χ3v) is 4.62. The van der Waals surface area contributed by atoms with Crippen LogP contribution in [-0.4, -0.2) is 39.3 Å². The molecule has 138 valence electrons. The normalized spacial score (nSPS) is 10.5. The molecule has 0 fully saturated rings. The number of nitrogens with zero attached hydrogens (tertiary/aromatic N) is 3. The van der Waals surface area contributed by atoms with E-state index in [0.717, 1.165) is 11.3 Å². The third-order valence-electron chi connectivity index (χ3n) is 3.59. The van der Waals surface area contributed by atoms with E-state index in [2.05, 4.69) is 20.5 Å². The second kappa shape index (κ2) is 7.68. The molecule has 2 aromatic heterocycles. The van der Waals surface area contributed by atoms with Gasteiger partial charge in [0.15, 0.2) is 0 Å². The van der Waals surface area contributed by atoms with Crippen molar-refractivity contribution >= 4 is 39.9 Å². The number of carboxylic acids is 1. The Labute approximate surface area is 162 Å². The highest BCUT2D eigenvalue weighted by Gasteiger charge is 2.20. The standard InChI is InChI=1S/C17H13ClN4O4S/c1-8-5-11(12-6-9(18)3-4-10(12)15(24)25)13(7-19-8)14(23)20-16-21-22-17(26-2)27-16/h3-7H,1-2H3,(H,24,25)(H,20,21,23). The summed E-state index contributed by atoms with van der Waals surface area (Å²) in [5.41, 5.74) is 1.54. The summed E-state index contributed by atoms with van der Waals surface area (Å²) >= 11 is 7.11. The van der Waals surface area contributed by atoms with Crippen LogP contribution in [0, 0.1) is 6.92 Å². The number of pyridine rings is 1. The molecule has 2 N–H and O–H groups in total. The van der Waals surface area contributed by atoms with Crippen LogP contribution < -0.4 is 10.1 Å². The molecule has 3 aromatic rings. The molecule has 0 aliphatic rings. The number of carbonyl (C=O) groups excluding carboxylic acids is 1. The van der Waals surface area contributed by atoms with Gasteiger partial charge in [0.1, 0.15) is 0 Å². The van der Waals surface area contributed by atoms with Crippen molar-refractivity contribution < 1.29 is 19.4 Å². The highest BCUT2D eigenvalue weighted by molar-refractivity contribution is 7.17. The van der Waals surface area contributed by atoms with Crippen molar-refractivity contribution in [1.29, 1.82) is 0 Å². The zero-order valence-corrected chi connectivity index (χ0v) is 15.8. The average Bonchev–Trinajstić information content (AvgIpc) is 3.08. The molecule has 0 spiro atoms. The van der Waals surface area contributed by atoms with Gasteiger partial charge in [0.2, 0.25) is 5.13 Å². The number of hydrogen-bond acceptors (Lipinski definition) is 7. The predicted octanol–water partition coefficient (Wildman–Crippen LogP) is 3.52. The summed E-state index contributed by atoms with van der Waals surface area (Å²) in [7, 11) is 1.45. The highest BCUT2D eigenvalue weighted by atomic mass is 35.5. The van der Waals surface area contributed by atoms with Crippen LogP contribution in [0.2, 0.25) is 5.02 Å². The van der Waals surface area contributed by atoms with Gasteiger partial charge in [0.25, 0.3) is 11.1 Å². The van der Waals surface area contributed by atoms with E-state index >= 15 is 0 Å². The van der Waals surface area contributed by atoms with Crippen LogP contribution in [0.15, 0.2) is 30.5 Å². The minimum Gasteiger partial charge on any atom is -0.478 e. The maximum atomic E-state index is 12.7. The van der Waals surface area contributed by atoms with Crippen molar-refractivity contribution in [1.82, 2.24) is 15.2 Å². The van der Waals surface area contributed by atoms with Crippen LogP contribution in [-0.2, 0) is 0 Å². The number of halogens is 1. The molecule has 0 aliphatic heterocycles. The maximum absolute atomic E-state index is 12.7. The Balaban J connectivity index is 2.07. The van der Waals surface area contributed by atoms with Crippen molar-refractivity contribution in [3.05, 3.63) is 52.3 Å². The van der Waals surface area contributed by atoms with E-state index in [1.54, 1.807) is 13.0 Å². The van der Waals surface area contributed by atoms with Crippen LogP contribution in [0.3, 0.4) is 0 Å². The first kappa shape index (κ1) is 18.7. The Morgan fingerprint density at radius 2 is 1.93 bits per heavy atom. The Bertz CT molecular complexity index is 1040. The molecule has 27 heavy (non-hydrogen) atoms. The molecule has 10 heteroatoms. The van der Waals surface area contributed by atoms with Gasteiger partial charge in [-0.05, 0) is 53.7 Å². The van der Waals surface area contributed by atoms with Gasteiger partial charge in [-0.15, -0.1) is 5.10 Å². The lowest BCUT2D eigenvalue weighted by molar-refractivity contribution is 0.0697. The quantitative estimate of drug-likeness (QED) is 0.668. The predicted molar refractivity (Wildman–Crippen MR) is 101 cm³/mol. The zero-order valence-electron chi connectivity index (χ0n) is 14.2. The molecule has 0 atom stereocenters. The lowest BCUT2D eigenvalue weighted by Crippen LogP contribution is -2.14. The molecule has 0 saturated carbocycles. The lowest BCUT2D eigenvalue weighted by Gasteiger charge is -2.12. The number of nitrogens with one attached hydrogen (secondary N) is 1. The molecule has 0 radical (unpaired) electrons. The summed E-state index contributed by atoms with van der Waals surface area (Å²) in [5.74, 6) is -1.64. The maximum Gasteiger partial charge on any atom is 0.336 e. The van der Waals surface area contributed by atoms with Gasteiger partial charge < -0.3 is 9.84 Å². The number of rotatable bonds is 5. The molecular weight excluding hydrogens is 392 g/mol. The van der Waals surface area contributed by atoms with E-state index in [1.807, 2.05) is 0 Å². The SMILES string of the molecule is COc1nnc(NC(=O)c2cnc(C)cc2-c2cc(Cl)ccc2C(=O)O)s1. The van der Waals surface area contributed by atoms with E-state index in [1.165, 1.54) is 31.5 Å². The summed E-state index contributed by atoms with van der Waals surface area (Å²) in [6.45, 7) is 1.74. The van der Waals surface area contributed by atoms with Crippen molar-refractivity contribution in [2.75, 3.05) is 12.4 Å². The monoisotopic (exact) mass is 404 g/mol. The minimum atomic E-state index is -1.13. The first-order valence-corrected chi connectivity index (χ1v) is 8.77. The second-order valence-corrected chi connectivity index (χ2v) is 6.77. The lowest BCUT2D eigenvalue weighted by atomic mass is 9.95. The smallest absolute Gasteiger partial charge is 0.336 e. The Hall–Kier alpha value is -3.04. The molecule has 1 aromatic carbocycles. The van der Waals surface area contributed by atoms with Crippen molar-refractivity contribution in [3.63, 3.8) is 0 Å². The van der Waals surface area contributed by atoms with E-state index < -0.39 is 11.9 Å². The number of amides is 1. The molecule has 0 saturated heterocycles. The van der Waals surface area contributed by atoms with Gasteiger partial charge in [-0.3, -0.25) is 15.1 Å². The molecule has 0 unspecified atom stereocenters. The van der Waals surface area contributed by atoms with Crippen LogP contribution in [0.1, 0.15) is 26.4 Å². The number of carbonyl (C=O) groups is 2. The van der Waals surface area contributed by atoms with E-state index in [-0.39, 0.29) is 16.3 Å². The summed E-state index contributed by atoms with van der Waals surface area (Å²) in [4.78, 5) is 28.5. The van der Waals surface area contributed by atoms with E-state index in [4.69, 9.17) is 16.3 Å². The fraction of sp³-hybridized carbons (Fsp3) is 0.118. The van der Waals surface area contributed by atoms with Crippen molar-refractivity contribution in [3.8, 4) is 16.3 Å². The zero-order chi connectivity index (χ0) is 19.6. The summed E-state index contributed by atoms with van der Waals surface area (Å²) < 4.78 is 4.95. The number of ether oxygens (including phenoxy) is 1. The second-order valence-electron chi connectivity index (χ2n) is 5.40. The number of carboxylic acid groups (broad SMARTS) is 1. The molecule has 0 bridgehead atoms. The molecule has 1 amide bonds. The van der Waals surface area contributed by atoms with Gasteiger partial charge >= 0.3 is 5.97 Å². The molecular formula is C17H13ClN4O4S. The number of aromatic nitrogens is 3. The first-order valence-electron chi connectivity index (χ1n) is 7.57. The van der Waals surface area contributed by atoms with Gasteiger partial charge in [-0.25, -0.2) is 4.79 Å². The number of anilines is 1. The van der Waals surface area contributed by atoms with Gasteiger partial charge in [-0.1, -0.05) is 16.7 Å². The summed E-state index contributed by atoms with van der Waals surface area (Å²) in [5, 5.41) is 20.6. The number of aryl methyl sites for hydroxylation is 1. The summed E-state index contributed by atoms with van der Waals surface area (Å²) in [6, 6.07) is 6.01. The fourth-order valence-corrected chi connectivity index (χ4v) is 3.12. The van der Waals surface area contributed by atoms with Gasteiger partial charge in [0, 0.05) is 16.9 Å². The van der Waals surface area contributed by atoms with Gasteiger partial charge in [-0.2, -0.15) is 0 Å². The van der Waals surface area contributed by atoms with Crippen LogP contribution in [0.5, 0.6) is 5.19 Å². The van der Waals surface area contributed by atoms with Crippen LogP contribution in [0.4, 0.5) is 5.13 Å². The first-order chi connectivity index (χ1) is 12.9. The number of benzene rings is 1. The van der Waals surface area contributed by atoms with Crippen LogP contribution >= 0.6 is 22.9 Å². The number of aromatic carboxylic acids is 1. The summed E-state index contributed by atoms with van der Waals surface area (Å²) in [6.07, 6.45) is 1.38. The largest absolute Gasteiger partial charge is 0.478 e. The molecule has 0 aliphatic carbocycles. The highest BCUT2D eigenvalue weighted by Crippen LogP contribution is 2.31. The minimum absolute atomic E-state index is 0.0247. The number of hydrogen-bond donors (Lipinski definition) is 2. The molecule has 2 heterocycles. The Morgan fingerprint density at radius 1 is 1.19 bits per heavy atom. The van der Waals surface area contributed by atoms with E-state index in [9.17, 15) is 14.7 Å². The number of methoxy groups -OCH3 is 1. The topological polar surface area (TPSA) is 114 Å². The molecule has 8 nitrogen and oxygen atoms in total. The average molecular weight is 405 g/mol. The van der Waals surface area contributed by atoms with Crippen molar-refractivity contribution in [2.24, 2.45) is 0 Å². The van der Waals surface area contributed by atoms with Crippen LogP contribution in [0.25, 0.3) is 11.1 Å². The van der Waals surface area contributed by atoms with E-state index in [0.29, 0.717) is 27.0 Å². The Morgan fingerprint density at radius 3 is 2.59 bits per heavy atom. The van der Waals surface area contributed by atoms with Gasteiger partial charge in [0.05, 0.1) is 18.2 Å².